The molecule has 1 atom stereocenters. The van der Waals surface area contributed by atoms with E-state index in [1.165, 1.54) is 0 Å². The number of nitrogens with zero attached hydrogens (tertiary/aromatic N) is 1. The molecular formula is C14H12ClNO. The van der Waals surface area contributed by atoms with Gasteiger partial charge in [-0.1, -0.05) is 29.7 Å². The van der Waals surface area contributed by atoms with Gasteiger partial charge in [-0.3, -0.25) is 0 Å². The zero-order chi connectivity index (χ0) is 12.5. The zero-order valence-electron chi connectivity index (χ0n) is 9.28. The Morgan fingerprint density at radius 1 is 1.35 bits per heavy atom. The van der Waals surface area contributed by atoms with Crippen LogP contribution in [-0.2, 0) is 5.60 Å². The molecule has 0 radical (unpaired) electrons. The van der Waals surface area contributed by atoms with E-state index in [1.54, 1.807) is 24.3 Å². The largest absolute Gasteiger partial charge is 0.372 e. The summed E-state index contributed by atoms with van der Waals surface area (Å²) in [4.78, 5) is 0. The Morgan fingerprint density at radius 2 is 1.94 bits per heavy atom. The summed E-state index contributed by atoms with van der Waals surface area (Å²) >= 11 is 5.80. The molecule has 86 valence electrons. The molecule has 3 heteroatoms. The van der Waals surface area contributed by atoms with Crippen molar-refractivity contribution in [3.8, 4) is 18.4 Å². The molecule has 0 spiro atoms. The van der Waals surface area contributed by atoms with Gasteiger partial charge in [-0.25, -0.2) is 0 Å². The summed E-state index contributed by atoms with van der Waals surface area (Å²) in [6.07, 6.45) is 7.65. The highest BCUT2D eigenvalue weighted by Gasteiger charge is 2.55. The van der Waals surface area contributed by atoms with Crippen LogP contribution < -0.4 is 0 Å². The molecule has 0 aliphatic heterocycles. The lowest BCUT2D eigenvalue weighted by molar-refractivity contribution is -0.0530. The fraction of sp³-hybridized carbons (Fsp3) is 0.357. The quantitative estimate of drug-likeness (QED) is 0.815. The zero-order valence-corrected chi connectivity index (χ0v) is 10.0. The molecule has 1 aromatic carbocycles. The van der Waals surface area contributed by atoms with Crippen molar-refractivity contribution in [1.29, 1.82) is 5.26 Å². The predicted molar refractivity (Wildman–Crippen MR) is 66.1 cm³/mol. The number of nitriles is 1. The summed E-state index contributed by atoms with van der Waals surface area (Å²) < 4.78 is 0. The molecule has 0 bridgehead atoms. The second-order valence-corrected chi connectivity index (χ2v) is 4.85. The SMILES string of the molecule is C#C[C@@](O)(c1ccc(Cl)cc1)C1(C#N)CCC1. The minimum absolute atomic E-state index is 0.561. The van der Waals surface area contributed by atoms with Gasteiger partial charge in [0.15, 0.2) is 5.60 Å². The number of hydrogen-bond donors (Lipinski definition) is 1. The second-order valence-electron chi connectivity index (χ2n) is 4.41. The third-order valence-corrected chi connectivity index (χ3v) is 3.84. The number of hydrogen-bond acceptors (Lipinski definition) is 2. The third kappa shape index (κ3) is 1.62. The normalized spacial score (nSPS) is 20.5. The van der Waals surface area contributed by atoms with Crippen LogP contribution in [0.2, 0.25) is 5.02 Å². The van der Waals surface area contributed by atoms with Crippen LogP contribution in [-0.4, -0.2) is 5.11 Å². The average Bonchev–Trinajstić information content (AvgIpc) is 2.28. The van der Waals surface area contributed by atoms with Gasteiger partial charge in [-0.2, -0.15) is 5.26 Å². The standard InChI is InChI=1S/C14H12ClNO/c1-2-14(17,13(10-16)8-3-9-13)11-4-6-12(15)7-5-11/h1,4-7,17H,3,8-9H2/t14-/m1/s1. The molecule has 0 aromatic heterocycles. The maximum atomic E-state index is 10.7. The first-order valence-electron chi connectivity index (χ1n) is 5.45. The summed E-state index contributed by atoms with van der Waals surface area (Å²) in [6, 6.07) is 8.89. The molecular weight excluding hydrogens is 234 g/mol. The van der Waals surface area contributed by atoms with Crippen LogP contribution >= 0.6 is 11.6 Å². The Bertz CT molecular complexity index is 505. The Hall–Kier alpha value is -1.48. The summed E-state index contributed by atoms with van der Waals surface area (Å²) in [7, 11) is 0. The first-order chi connectivity index (χ1) is 8.08. The molecule has 17 heavy (non-hydrogen) atoms. The molecule has 0 heterocycles. The number of rotatable bonds is 2. The van der Waals surface area contributed by atoms with E-state index in [-0.39, 0.29) is 0 Å². The van der Waals surface area contributed by atoms with Gasteiger partial charge >= 0.3 is 0 Å². The van der Waals surface area contributed by atoms with E-state index < -0.39 is 11.0 Å². The van der Waals surface area contributed by atoms with Crippen molar-refractivity contribution in [1.82, 2.24) is 0 Å². The third-order valence-electron chi connectivity index (χ3n) is 3.58. The Labute approximate surface area is 106 Å². The maximum Gasteiger partial charge on any atom is 0.169 e. The van der Waals surface area contributed by atoms with E-state index in [2.05, 4.69) is 12.0 Å². The van der Waals surface area contributed by atoms with E-state index in [1.807, 2.05) is 0 Å². The Balaban J connectivity index is 2.49. The maximum absolute atomic E-state index is 10.7. The van der Waals surface area contributed by atoms with Gasteiger partial charge in [0, 0.05) is 5.02 Å². The highest BCUT2D eigenvalue weighted by molar-refractivity contribution is 6.30. The van der Waals surface area contributed by atoms with Crippen LogP contribution in [0.1, 0.15) is 24.8 Å². The molecule has 2 nitrogen and oxygen atoms in total. The van der Waals surface area contributed by atoms with Crippen LogP contribution in [0.4, 0.5) is 0 Å². The number of aliphatic hydroxyl groups is 1. The lowest BCUT2D eigenvalue weighted by Crippen LogP contribution is -2.48. The molecule has 1 saturated carbocycles. The van der Waals surface area contributed by atoms with Crippen molar-refractivity contribution in [2.45, 2.75) is 24.9 Å². The van der Waals surface area contributed by atoms with Gasteiger partial charge in [0.25, 0.3) is 0 Å². The second kappa shape index (κ2) is 4.08. The molecule has 0 amide bonds. The summed E-state index contributed by atoms with van der Waals surface area (Å²) in [6.45, 7) is 0. The Morgan fingerprint density at radius 3 is 2.29 bits per heavy atom. The Kier molecular flexibility index (Phi) is 2.87. The monoisotopic (exact) mass is 245 g/mol. The molecule has 2 rings (SSSR count). The van der Waals surface area contributed by atoms with Crippen LogP contribution in [0.25, 0.3) is 0 Å². The summed E-state index contributed by atoms with van der Waals surface area (Å²) in [5.74, 6) is 2.40. The highest BCUT2D eigenvalue weighted by Crippen LogP contribution is 2.53. The number of halogens is 1. The highest BCUT2D eigenvalue weighted by atomic mass is 35.5. The molecule has 1 aromatic rings. The van der Waals surface area contributed by atoms with Gasteiger partial charge in [0.05, 0.1) is 6.07 Å². The van der Waals surface area contributed by atoms with Crippen LogP contribution in [0, 0.1) is 29.1 Å². The van der Waals surface area contributed by atoms with Crippen LogP contribution in [0.3, 0.4) is 0 Å². The smallest absolute Gasteiger partial charge is 0.169 e. The van der Waals surface area contributed by atoms with E-state index in [4.69, 9.17) is 18.0 Å². The minimum Gasteiger partial charge on any atom is -0.372 e. The van der Waals surface area contributed by atoms with E-state index in [0.717, 1.165) is 6.42 Å². The van der Waals surface area contributed by atoms with E-state index in [9.17, 15) is 10.4 Å². The summed E-state index contributed by atoms with van der Waals surface area (Å²) in [5.41, 5.74) is -1.81. The van der Waals surface area contributed by atoms with Gasteiger partial charge in [0.1, 0.15) is 5.41 Å². The van der Waals surface area contributed by atoms with Gasteiger partial charge in [-0.15, -0.1) is 6.42 Å². The van der Waals surface area contributed by atoms with Crippen LogP contribution in [0.5, 0.6) is 0 Å². The van der Waals surface area contributed by atoms with E-state index >= 15 is 0 Å². The fourth-order valence-electron chi connectivity index (χ4n) is 2.27. The van der Waals surface area contributed by atoms with Gasteiger partial charge in [-0.05, 0) is 37.0 Å². The topological polar surface area (TPSA) is 44.0 Å². The lowest BCUT2D eigenvalue weighted by Gasteiger charge is -2.45. The van der Waals surface area contributed by atoms with Crippen molar-refractivity contribution < 1.29 is 5.11 Å². The lowest BCUT2D eigenvalue weighted by atomic mass is 9.58. The minimum atomic E-state index is -1.52. The number of terminal acetylenes is 1. The molecule has 1 aliphatic carbocycles. The van der Waals surface area contributed by atoms with Crippen molar-refractivity contribution in [3.05, 3.63) is 34.9 Å². The van der Waals surface area contributed by atoms with Gasteiger partial charge in [0.2, 0.25) is 0 Å². The van der Waals surface area contributed by atoms with Crippen molar-refractivity contribution in [2.75, 3.05) is 0 Å². The molecule has 1 fully saturated rings. The number of benzene rings is 1. The molecule has 0 unspecified atom stereocenters. The molecule has 1 N–H and O–H groups in total. The molecule has 1 aliphatic rings. The van der Waals surface area contributed by atoms with Crippen molar-refractivity contribution in [3.63, 3.8) is 0 Å². The molecule has 0 saturated heterocycles. The van der Waals surface area contributed by atoms with Gasteiger partial charge < -0.3 is 5.11 Å². The first kappa shape index (κ1) is 12.0. The first-order valence-corrected chi connectivity index (χ1v) is 5.83. The summed E-state index contributed by atoms with van der Waals surface area (Å²) in [5, 5.41) is 20.5. The van der Waals surface area contributed by atoms with Crippen molar-refractivity contribution >= 4 is 11.6 Å². The average molecular weight is 246 g/mol. The fourth-order valence-corrected chi connectivity index (χ4v) is 2.40. The van der Waals surface area contributed by atoms with E-state index in [0.29, 0.717) is 23.4 Å². The predicted octanol–water partition coefficient (Wildman–Crippen LogP) is 2.85. The van der Waals surface area contributed by atoms with Crippen molar-refractivity contribution in [2.24, 2.45) is 5.41 Å². The van der Waals surface area contributed by atoms with Crippen LogP contribution in [0.15, 0.2) is 24.3 Å².